The highest BCUT2D eigenvalue weighted by Gasteiger charge is 2.59. The molecule has 4 aromatic heterocycles. The van der Waals surface area contributed by atoms with Crippen molar-refractivity contribution in [3.8, 4) is 42.6 Å². The van der Waals surface area contributed by atoms with E-state index in [1.54, 1.807) is 0 Å². The maximum atomic E-state index is 13.0. The molecule has 16 aliphatic rings. The van der Waals surface area contributed by atoms with Gasteiger partial charge in [0.2, 0.25) is 0 Å². The molecule has 10 aromatic carbocycles. The van der Waals surface area contributed by atoms with Crippen molar-refractivity contribution in [3.05, 3.63) is 264 Å². The number of thiophene rings is 4. The van der Waals surface area contributed by atoms with Gasteiger partial charge in [0.15, 0.2) is 74.6 Å². The first-order valence-corrected chi connectivity index (χ1v) is 54.0. The molecule has 16 fully saturated rings. The first-order valence-electron chi connectivity index (χ1n) is 48.9. The van der Waals surface area contributed by atoms with Crippen LogP contribution in [-0.4, -0.2) is 62.1 Å². The zero-order valence-corrected chi connectivity index (χ0v) is 79.4. The zero-order valence-electron chi connectivity index (χ0n) is 76.2. The highest BCUT2D eigenvalue weighted by Crippen LogP contribution is 2.63. The average molecular weight is 1810 g/mol. The molecule has 30 rings (SSSR count). The van der Waals surface area contributed by atoms with Gasteiger partial charge in [0.25, 0.3) is 0 Å². The van der Waals surface area contributed by atoms with E-state index in [1.807, 2.05) is 12.1 Å². The second kappa shape index (κ2) is 35.2. The van der Waals surface area contributed by atoms with Crippen molar-refractivity contribution in [3.63, 3.8) is 0 Å². The summed E-state index contributed by atoms with van der Waals surface area (Å²) in [5, 5.41) is 12.6. The van der Waals surface area contributed by atoms with Gasteiger partial charge >= 0.3 is 11.9 Å². The van der Waals surface area contributed by atoms with Crippen LogP contribution in [0.2, 0.25) is 0 Å². The summed E-state index contributed by atoms with van der Waals surface area (Å²) in [6, 6.07) is 82.8. The number of carbonyl (C=O) groups excluding carboxylic acids is 2. The lowest BCUT2D eigenvalue weighted by Crippen LogP contribution is -2.58. The van der Waals surface area contributed by atoms with Crippen molar-refractivity contribution in [2.75, 3.05) is 26.8 Å². The van der Waals surface area contributed by atoms with Gasteiger partial charge in [0.05, 0.1) is 12.2 Å². The molecular weight excluding hydrogens is 1680 g/mol. The van der Waals surface area contributed by atoms with E-state index in [9.17, 15) is 9.59 Å². The molecule has 0 saturated heterocycles. The lowest BCUT2D eigenvalue weighted by atomic mass is 9.50. The van der Waals surface area contributed by atoms with Crippen LogP contribution in [0.1, 0.15) is 165 Å². The number of fused-ring (bicyclic) bond motifs is 8. The Morgan fingerprint density at radius 3 is 0.931 bits per heavy atom. The summed E-state index contributed by atoms with van der Waals surface area (Å²) in [6.07, 6.45) is 27.6. The fourth-order valence-electron chi connectivity index (χ4n) is 28.6. The highest BCUT2D eigenvalue weighted by molar-refractivity contribution is 7.51. The number of carbonyl (C=O) groups is 2. The Morgan fingerprint density at radius 1 is 0.300 bits per heavy atom. The number of hydrogen-bond acceptors (Lipinski definition) is 10. The fourth-order valence-corrected chi connectivity index (χ4v) is 37.5. The molecule has 14 aromatic rings. The van der Waals surface area contributed by atoms with E-state index < -0.39 is 0 Å². The standard InChI is InChI=1S/C33H35O3S.C31H33O2S.C27H29O3S.C25H27O2S/c1-20-12-26(37-29-10-6-4-8-27(29)28-9-5-7-11-30(28)37)13-21(2)32(20)35-19-31(34)36-33(3)24-15-22-14-23(17-24)18-25(33)16-22;1-19-11-25(34-28-9-5-3-7-26(28)27-8-4-6-10-29(27)34)12-20(2)30(19)32-18-33-31-23-14-21-13-22(16-23)17-24(31)15-21;1-27(21-13-18-12-19(15-21)16-22(27)14-18)30-26(28)17-29-23-6-8-24(9-7-23)31-11-10-20-4-2-3-5-25(20)31;1-2-4-24-19(3-1)9-10-28(24)23-7-5-22(6-8-23)26-16-27-25-20-12-17-11-18(14-20)15-21(25)13-17/h4-13,22-25H,14-19H2,1-3H3;3-12,21-24,31H,13-18H2,1-2H3;2-11,18-19,21-22H,12-17H2,1H3;1-10,17-18,20-21,25H,11-16H2/q4*+1. The lowest BCUT2D eigenvalue weighted by Gasteiger charge is -2.59. The van der Waals surface area contributed by atoms with Crippen LogP contribution in [0.4, 0.5) is 0 Å². The molecule has 16 saturated carbocycles. The molecule has 10 nitrogen and oxygen atoms in total. The largest absolute Gasteiger partial charge is 0.482 e. The van der Waals surface area contributed by atoms with Crippen LogP contribution >= 0.6 is 41.9 Å². The summed E-state index contributed by atoms with van der Waals surface area (Å²) in [4.78, 5) is 31.0. The molecule has 0 radical (unpaired) electrons. The van der Waals surface area contributed by atoms with E-state index in [0.717, 1.165) is 105 Å². The monoisotopic (exact) mass is 1800 g/mol. The minimum absolute atomic E-state index is 0.0182. The van der Waals surface area contributed by atoms with E-state index in [1.165, 1.54) is 220 Å². The predicted octanol–water partition coefficient (Wildman–Crippen LogP) is 30.5. The van der Waals surface area contributed by atoms with Gasteiger partial charge in [-0.05, 0) is 384 Å². The van der Waals surface area contributed by atoms with Crippen LogP contribution in [0.3, 0.4) is 0 Å². The SMILES string of the molecule is CC1(OC(=O)COc2ccc(-[s+]3ccc4ccccc43)cc2)C2CC3CC(C2)CC1C3.Cc1cc(-[s+]2c3ccccc3c3ccccc32)cc(C)c1OCC(=O)OC1(C)C2CC3CC(C2)CC1C3.Cc1cc(-[s+]2c3ccccc3c3ccccc32)cc(C)c1OCOC1C2CC3CC(C2)CC1C3.c1ccc2c(c1)cc[s+]2-c1ccc(OCOC2C3CC4CC(C3)CC2C4)cc1. The van der Waals surface area contributed by atoms with E-state index in [4.69, 9.17) is 37.9 Å². The van der Waals surface area contributed by atoms with Gasteiger partial charge in [-0.2, -0.15) is 0 Å². The van der Waals surface area contributed by atoms with Crippen molar-refractivity contribution in [1.82, 2.24) is 0 Å². The van der Waals surface area contributed by atoms with E-state index >= 15 is 0 Å². The molecule has 2 unspecified atom stereocenters. The van der Waals surface area contributed by atoms with Crippen LogP contribution in [0.15, 0.2) is 241 Å². The molecule has 0 amide bonds. The van der Waals surface area contributed by atoms with Gasteiger partial charge in [-0.15, -0.1) is 0 Å². The van der Waals surface area contributed by atoms with E-state index in [0.29, 0.717) is 49.5 Å². The Hall–Kier alpha value is -9.38. The Bertz CT molecular complexity index is 6290. The molecule has 668 valence electrons. The molecule has 2 atom stereocenters. The van der Waals surface area contributed by atoms with Gasteiger partial charge < -0.3 is 37.9 Å². The smallest absolute Gasteiger partial charge is 0.344 e. The number of ether oxygens (including phenoxy) is 8. The number of hydrogen-bond donors (Lipinski definition) is 0. The fraction of sp³-hybridized carbons (Fsp3) is 0.431. The van der Waals surface area contributed by atoms with Gasteiger partial charge in [-0.1, -0.05) is 72.8 Å². The van der Waals surface area contributed by atoms with Crippen LogP contribution in [-0.2, 0) is 28.5 Å². The summed E-state index contributed by atoms with van der Waals surface area (Å²) >= 11 is 0. The predicted molar refractivity (Wildman–Crippen MR) is 534 cm³/mol. The minimum Gasteiger partial charge on any atom is -0.482 e. The van der Waals surface area contributed by atoms with Crippen molar-refractivity contribution >= 4 is 114 Å². The third-order valence-electron chi connectivity index (χ3n) is 33.7. The number of benzene rings is 10. The zero-order chi connectivity index (χ0) is 87.6. The molecular formula is C116H124O10S4+4. The van der Waals surface area contributed by atoms with Crippen molar-refractivity contribution in [2.24, 2.45) is 94.7 Å². The molecule has 4 heterocycles. The summed E-state index contributed by atoms with van der Waals surface area (Å²) < 4.78 is 57.7. The van der Waals surface area contributed by atoms with E-state index in [-0.39, 0.29) is 78.2 Å². The van der Waals surface area contributed by atoms with Crippen LogP contribution < -0.4 is 18.9 Å². The normalized spacial score (nSPS) is 29.6. The Kier molecular flexibility index (Phi) is 23.0. The van der Waals surface area contributed by atoms with Crippen molar-refractivity contribution in [2.45, 2.75) is 193 Å². The Labute approximate surface area is 777 Å². The third kappa shape index (κ3) is 16.2. The van der Waals surface area contributed by atoms with Crippen molar-refractivity contribution < 1.29 is 47.5 Å². The number of aryl methyl sites for hydroxylation is 4. The van der Waals surface area contributed by atoms with Gasteiger partial charge in [0, 0.05) is 135 Å². The quantitative estimate of drug-likeness (QED) is 0.0416. The molecule has 14 heteroatoms. The second-order valence-corrected chi connectivity index (χ2v) is 49.5. The average Bonchev–Trinajstić information content (AvgIpc) is 1.65. The Morgan fingerprint density at radius 2 is 0.585 bits per heavy atom. The van der Waals surface area contributed by atoms with Crippen LogP contribution in [0, 0.1) is 122 Å². The van der Waals surface area contributed by atoms with Gasteiger partial charge in [-0.25, -0.2) is 9.59 Å². The molecule has 0 spiro atoms. The highest BCUT2D eigenvalue weighted by atomic mass is 32.2. The maximum Gasteiger partial charge on any atom is 0.344 e. The van der Waals surface area contributed by atoms with Crippen LogP contribution in [0.5, 0.6) is 23.0 Å². The summed E-state index contributed by atoms with van der Waals surface area (Å²) in [7, 11) is -0.191. The van der Waals surface area contributed by atoms with Crippen molar-refractivity contribution in [1.29, 1.82) is 0 Å². The van der Waals surface area contributed by atoms with Crippen LogP contribution in [0.25, 0.3) is 80.1 Å². The first kappa shape index (κ1) is 84.9. The lowest BCUT2D eigenvalue weighted by molar-refractivity contribution is -0.205. The number of esters is 2. The van der Waals surface area contributed by atoms with E-state index in [2.05, 4.69) is 271 Å². The minimum atomic E-state index is -0.313. The molecule has 130 heavy (non-hydrogen) atoms. The first-order chi connectivity index (χ1) is 63.5. The molecule has 16 bridgehead atoms. The van der Waals surface area contributed by atoms with Gasteiger partial charge in [-0.3, -0.25) is 0 Å². The third-order valence-corrected chi connectivity index (χ3v) is 42.4. The summed E-state index contributed by atoms with van der Waals surface area (Å²) in [5.41, 5.74) is 3.94. The second-order valence-electron chi connectivity index (χ2n) is 41.8. The summed E-state index contributed by atoms with van der Waals surface area (Å²) in [6.45, 7) is 13.7. The maximum absolute atomic E-state index is 13.0. The molecule has 16 aliphatic carbocycles. The van der Waals surface area contributed by atoms with Gasteiger partial charge in [0.1, 0.15) is 45.0 Å². The Balaban J connectivity index is 0.0000000992. The summed E-state index contributed by atoms with van der Waals surface area (Å²) in [5.74, 6) is 15.6. The molecule has 0 N–H and O–H groups in total. The molecule has 0 aliphatic heterocycles. The topological polar surface area (TPSA) is 108 Å². The number of rotatable bonds is 20.